The number of amides is 1. The van der Waals surface area contributed by atoms with Gasteiger partial charge in [-0.1, -0.05) is 23.8 Å². The molecule has 1 aromatic carbocycles. The van der Waals surface area contributed by atoms with Crippen LogP contribution in [0.1, 0.15) is 42.4 Å². The molecule has 1 N–H and O–H groups in total. The molecule has 1 atom stereocenters. The average molecular weight is 303 g/mol. The number of hydrogen-bond donors (Lipinski definition) is 1. The first-order valence-corrected chi connectivity index (χ1v) is 8.01. The topological polar surface area (TPSA) is 57.6 Å². The van der Waals surface area contributed by atoms with E-state index in [0.29, 0.717) is 25.3 Å². The summed E-state index contributed by atoms with van der Waals surface area (Å²) in [6.45, 7) is 5.58. The molecule has 0 radical (unpaired) electrons. The highest BCUT2D eigenvalue weighted by Gasteiger charge is 2.24. The predicted octanol–water partition coefficient (Wildman–Crippen LogP) is 2.95. The number of likely N-dealkylation sites (tertiary alicyclic amines) is 1. The second-order valence-corrected chi connectivity index (χ2v) is 6.39. The Bertz CT molecular complexity index is 553. The zero-order valence-electron chi connectivity index (χ0n) is 13.5. The van der Waals surface area contributed by atoms with Crippen molar-refractivity contribution in [2.45, 2.75) is 46.0 Å². The van der Waals surface area contributed by atoms with Gasteiger partial charge in [0.1, 0.15) is 0 Å². The standard InChI is InChI=1S/C18H25NO3/c1-13-5-6-14(2)16(10-13)11-17(20)19-9-3-4-15(12-19)7-8-18(21)22/h5-6,10,15H,3-4,7-9,11-12H2,1-2H3,(H,21,22). The van der Waals surface area contributed by atoms with Crippen molar-refractivity contribution in [1.82, 2.24) is 4.90 Å². The van der Waals surface area contributed by atoms with E-state index in [4.69, 9.17) is 5.11 Å². The van der Waals surface area contributed by atoms with Crippen molar-refractivity contribution >= 4 is 11.9 Å². The Hall–Kier alpha value is -1.84. The zero-order chi connectivity index (χ0) is 16.1. The zero-order valence-corrected chi connectivity index (χ0v) is 13.5. The van der Waals surface area contributed by atoms with Crippen molar-refractivity contribution in [1.29, 1.82) is 0 Å². The number of benzene rings is 1. The molecular formula is C18H25NO3. The summed E-state index contributed by atoms with van der Waals surface area (Å²) in [5.41, 5.74) is 3.42. The van der Waals surface area contributed by atoms with Crippen LogP contribution in [0.5, 0.6) is 0 Å². The second kappa shape index (κ2) is 7.43. The largest absolute Gasteiger partial charge is 0.481 e. The normalized spacial score (nSPS) is 18.3. The molecule has 1 heterocycles. The summed E-state index contributed by atoms with van der Waals surface area (Å²) < 4.78 is 0. The Labute approximate surface area is 132 Å². The van der Waals surface area contributed by atoms with Gasteiger partial charge in [-0.3, -0.25) is 9.59 Å². The molecule has 120 valence electrons. The monoisotopic (exact) mass is 303 g/mol. The maximum atomic E-state index is 12.5. The molecule has 1 aromatic rings. The van der Waals surface area contributed by atoms with Gasteiger partial charge in [-0.25, -0.2) is 0 Å². The van der Waals surface area contributed by atoms with Crippen molar-refractivity contribution in [3.63, 3.8) is 0 Å². The van der Waals surface area contributed by atoms with Gasteiger partial charge in [-0.05, 0) is 50.2 Å². The van der Waals surface area contributed by atoms with Gasteiger partial charge in [0.05, 0.1) is 6.42 Å². The molecule has 0 aromatic heterocycles. The fourth-order valence-corrected chi connectivity index (χ4v) is 3.12. The van der Waals surface area contributed by atoms with Crippen molar-refractivity contribution in [3.05, 3.63) is 34.9 Å². The molecule has 0 aliphatic carbocycles. The smallest absolute Gasteiger partial charge is 0.303 e. The number of nitrogens with zero attached hydrogens (tertiary/aromatic N) is 1. The van der Waals surface area contributed by atoms with Crippen molar-refractivity contribution < 1.29 is 14.7 Å². The number of piperidine rings is 1. The Morgan fingerprint density at radius 1 is 1.32 bits per heavy atom. The van der Waals surface area contributed by atoms with Gasteiger partial charge >= 0.3 is 5.97 Å². The highest BCUT2D eigenvalue weighted by Crippen LogP contribution is 2.22. The molecule has 4 nitrogen and oxygen atoms in total. The van der Waals surface area contributed by atoms with Crippen LogP contribution in [0.4, 0.5) is 0 Å². The van der Waals surface area contributed by atoms with Gasteiger partial charge in [-0.2, -0.15) is 0 Å². The quantitative estimate of drug-likeness (QED) is 0.910. The third-order valence-corrected chi connectivity index (χ3v) is 4.48. The van der Waals surface area contributed by atoms with E-state index >= 15 is 0 Å². The molecular weight excluding hydrogens is 278 g/mol. The SMILES string of the molecule is Cc1ccc(C)c(CC(=O)N2CCCC(CCC(=O)O)C2)c1. The molecule has 1 aliphatic rings. The number of aryl methyl sites for hydroxylation is 2. The minimum absolute atomic E-state index is 0.161. The number of aliphatic carboxylic acids is 1. The lowest BCUT2D eigenvalue weighted by Gasteiger charge is -2.33. The summed E-state index contributed by atoms with van der Waals surface area (Å²) in [6, 6.07) is 6.20. The van der Waals surface area contributed by atoms with Crippen LogP contribution in [0.2, 0.25) is 0 Å². The van der Waals surface area contributed by atoms with Crippen LogP contribution in [-0.4, -0.2) is 35.0 Å². The highest BCUT2D eigenvalue weighted by molar-refractivity contribution is 5.79. The molecule has 1 amide bonds. The number of carboxylic acids is 1. The van der Waals surface area contributed by atoms with Crippen molar-refractivity contribution in [2.24, 2.45) is 5.92 Å². The Morgan fingerprint density at radius 2 is 2.09 bits per heavy atom. The van der Waals surface area contributed by atoms with Crippen LogP contribution in [0.25, 0.3) is 0 Å². The molecule has 0 bridgehead atoms. The molecule has 4 heteroatoms. The van der Waals surface area contributed by atoms with Crippen LogP contribution in [-0.2, 0) is 16.0 Å². The van der Waals surface area contributed by atoms with E-state index in [1.54, 1.807) is 0 Å². The second-order valence-electron chi connectivity index (χ2n) is 6.39. The average Bonchev–Trinajstić information content (AvgIpc) is 2.49. The fourth-order valence-electron chi connectivity index (χ4n) is 3.12. The van der Waals surface area contributed by atoms with Gasteiger partial charge in [0, 0.05) is 19.5 Å². The summed E-state index contributed by atoms with van der Waals surface area (Å²) in [5.74, 6) is -0.264. The van der Waals surface area contributed by atoms with Crippen LogP contribution in [0.3, 0.4) is 0 Å². The summed E-state index contributed by atoms with van der Waals surface area (Å²) in [4.78, 5) is 25.1. The van der Waals surface area contributed by atoms with Gasteiger partial charge < -0.3 is 10.0 Å². The maximum Gasteiger partial charge on any atom is 0.303 e. The summed E-state index contributed by atoms with van der Waals surface area (Å²) >= 11 is 0. The minimum Gasteiger partial charge on any atom is -0.481 e. The van der Waals surface area contributed by atoms with E-state index in [1.165, 1.54) is 5.56 Å². The first kappa shape index (κ1) is 16.5. The van der Waals surface area contributed by atoms with E-state index in [2.05, 4.69) is 18.2 Å². The highest BCUT2D eigenvalue weighted by atomic mass is 16.4. The van der Waals surface area contributed by atoms with E-state index in [0.717, 1.165) is 30.5 Å². The summed E-state index contributed by atoms with van der Waals surface area (Å²) in [5, 5.41) is 8.79. The summed E-state index contributed by atoms with van der Waals surface area (Å²) in [6.07, 6.45) is 3.31. The van der Waals surface area contributed by atoms with Gasteiger partial charge in [0.2, 0.25) is 5.91 Å². The number of carboxylic acid groups (broad SMARTS) is 1. The van der Waals surface area contributed by atoms with Crippen molar-refractivity contribution in [2.75, 3.05) is 13.1 Å². The number of rotatable bonds is 5. The summed E-state index contributed by atoms with van der Waals surface area (Å²) in [7, 11) is 0. The van der Waals surface area contributed by atoms with E-state index < -0.39 is 5.97 Å². The molecule has 1 saturated heterocycles. The molecule has 1 unspecified atom stereocenters. The van der Waals surface area contributed by atoms with Crippen LogP contribution in [0.15, 0.2) is 18.2 Å². The molecule has 1 aliphatic heterocycles. The lowest BCUT2D eigenvalue weighted by atomic mass is 9.93. The first-order chi connectivity index (χ1) is 10.5. The molecule has 22 heavy (non-hydrogen) atoms. The third-order valence-electron chi connectivity index (χ3n) is 4.48. The van der Waals surface area contributed by atoms with E-state index in [-0.39, 0.29) is 12.3 Å². The molecule has 2 rings (SSSR count). The Kier molecular flexibility index (Phi) is 5.58. The number of carbonyl (C=O) groups excluding carboxylic acids is 1. The Morgan fingerprint density at radius 3 is 2.82 bits per heavy atom. The van der Waals surface area contributed by atoms with E-state index in [9.17, 15) is 9.59 Å². The van der Waals surface area contributed by atoms with Crippen LogP contribution < -0.4 is 0 Å². The van der Waals surface area contributed by atoms with Crippen LogP contribution in [0, 0.1) is 19.8 Å². The molecule has 0 saturated carbocycles. The molecule has 0 spiro atoms. The minimum atomic E-state index is -0.751. The lowest BCUT2D eigenvalue weighted by Crippen LogP contribution is -2.40. The first-order valence-electron chi connectivity index (χ1n) is 8.01. The predicted molar refractivity (Wildman–Crippen MR) is 85.8 cm³/mol. The number of hydrogen-bond acceptors (Lipinski definition) is 2. The third kappa shape index (κ3) is 4.58. The molecule has 1 fully saturated rings. The van der Waals surface area contributed by atoms with E-state index in [1.807, 2.05) is 18.7 Å². The lowest BCUT2D eigenvalue weighted by molar-refractivity contribution is -0.137. The number of carbonyl (C=O) groups is 2. The van der Waals surface area contributed by atoms with Crippen LogP contribution >= 0.6 is 0 Å². The van der Waals surface area contributed by atoms with Gasteiger partial charge in [-0.15, -0.1) is 0 Å². The van der Waals surface area contributed by atoms with Gasteiger partial charge in [0.15, 0.2) is 0 Å². The Balaban J connectivity index is 1.94. The van der Waals surface area contributed by atoms with Gasteiger partial charge in [0.25, 0.3) is 0 Å². The fraction of sp³-hybridized carbons (Fsp3) is 0.556. The maximum absolute atomic E-state index is 12.5. The van der Waals surface area contributed by atoms with Crippen molar-refractivity contribution in [3.8, 4) is 0 Å².